The monoisotopic (exact) mass is 253 g/mol. The molecule has 0 heterocycles. The van der Waals surface area contributed by atoms with Gasteiger partial charge >= 0.3 is 0 Å². The Bertz CT molecular complexity index is 397. The molecule has 1 aromatic rings. The van der Waals surface area contributed by atoms with Gasteiger partial charge in [0.25, 0.3) is 0 Å². The number of aryl methyl sites for hydroxylation is 1. The number of halogens is 1. The molecule has 1 saturated carbocycles. The van der Waals surface area contributed by atoms with E-state index in [-0.39, 0.29) is 11.9 Å². The normalized spacial score (nSPS) is 18.6. The van der Waals surface area contributed by atoms with Crippen LogP contribution in [0.3, 0.4) is 0 Å². The van der Waals surface area contributed by atoms with Gasteiger partial charge in [0.05, 0.1) is 0 Å². The summed E-state index contributed by atoms with van der Waals surface area (Å²) in [6, 6.07) is 3.46. The Morgan fingerprint density at radius 1 is 1.35 bits per heavy atom. The van der Waals surface area contributed by atoms with Gasteiger partial charge in [-0.2, -0.15) is 0 Å². The quantitative estimate of drug-likeness (QED) is 0.874. The third-order valence-corrected chi connectivity index (χ3v) is 4.79. The van der Waals surface area contributed by atoms with Gasteiger partial charge in [-0.3, -0.25) is 0 Å². The van der Waals surface area contributed by atoms with Gasteiger partial charge in [0.2, 0.25) is 0 Å². The number of hydrogen-bond acceptors (Lipinski definition) is 2. The number of benzene rings is 1. The molecular weight excluding hydrogens is 233 g/mol. The zero-order valence-electron chi connectivity index (χ0n) is 10.5. The van der Waals surface area contributed by atoms with Crippen LogP contribution >= 0.6 is 11.8 Å². The molecule has 1 nitrogen and oxygen atoms in total. The zero-order valence-corrected chi connectivity index (χ0v) is 11.3. The van der Waals surface area contributed by atoms with E-state index < -0.39 is 0 Å². The number of thioether (sulfide) groups is 1. The van der Waals surface area contributed by atoms with Crippen LogP contribution in [0.1, 0.15) is 49.8 Å². The molecule has 2 N–H and O–H groups in total. The van der Waals surface area contributed by atoms with Crippen molar-refractivity contribution < 1.29 is 4.39 Å². The van der Waals surface area contributed by atoms with E-state index in [1.807, 2.05) is 31.7 Å². The van der Waals surface area contributed by atoms with E-state index in [1.54, 1.807) is 6.07 Å². The predicted molar refractivity (Wildman–Crippen MR) is 71.9 cm³/mol. The Balaban J connectivity index is 2.26. The molecule has 1 aromatic carbocycles. The van der Waals surface area contributed by atoms with E-state index in [0.29, 0.717) is 5.25 Å². The maximum absolute atomic E-state index is 13.6. The number of hydrogen-bond donors (Lipinski definition) is 1. The summed E-state index contributed by atoms with van der Waals surface area (Å²) in [5.41, 5.74) is 7.59. The first-order valence-corrected chi connectivity index (χ1v) is 7.18. The standard InChI is InChI=1S/C14H20FNS/c1-9-7-14(17-11-5-3-4-6-11)12(10(2)16)8-13(9)15/h7-8,10-11H,3-6,16H2,1-2H3. The molecule has 0 aliphatic heterocycles. The first-order chi connectivity index (χ1) is 8.08. The van der Waals surface area contributed by atoms with Crippen LogP contribution in [0.5, 0.6) is 0 Å². The molecule has 0 radical (unpaired) electrons. The summed E-state index contributed by atoms with van der Waals surface area (Å²) >= 11 is 1.88. The van der Waals surface area contributed by atoms with Gasteiger partial charge in [0, 0.05) is 16.2 Å². The molecule has 0 spiro atoms. The lowest BCUT2D eigenvalue weighted by Gasteiger charge is -2.17. The molecule has 17 heavy (non-hydrogen) atoms. The van der Waals surface area contributed by atoms with Crippen LogP contribution in [0, 0.1) is 12.7 Å². The van der Waals surface area contributed by atoms with E-state index >= 15 is 0 Å². The van der Waals surface area contributed by atoms with Crippen molar-refractivity contribution >= 4 is 11.8 Å². The van der Waals surface area contributed by atoms with Crippen LogP contribution in [0.15, 0.2) is 17.0 Å². The van der Waals surface area contributed by atoms with Crippen molar-refractivity contribution in [1.29, 1.82) is 0 Å². The Kier molecular flexibility index (Phi) is 4.10. The minimum Gasteiger partial charge on any atom is -0.324 e. The topological polar surface area (TPSA) is 26.0 Å². The Hall–Kier alpha value is -0.540. The van der Waals surface area contributed by atoms with Crippen molar-refractivity contribution in [3.05, 3.63) is 29.1 Å². The van der Waals surface area contributed by atoms with Crippen LogP contribution in [-0.2, 0) is 0 Å². The molecule has 1 unspecified atom stereocenters. The average molecular weight is 253 g/mol. The molecule has 3 heteroatoms. The Labute approximate surface area is 107 Å². The highest BCUT2D eigenvalue weighted by molar-refractivity contribution is 8.00. The third-order valence-electron chi connectivity index (χ3n) is 3.38. The Morgan fingerprint density at radius 3 is 2.59 bits per heavy atom. The Morgan fingerprint density at radius 2 is 2.00 bits per heavy atom. The summed E-state index contributed by atoms with van der Waals surface area (Å²) in [7, 11) is 0. The van der Waals surface area contributed by atoms with Crippen molar-refractivity contribution in [1.82, 2.24) is 0 Å². The fraction of sp³-hybridized carbons (Fsp3) is 0.571. The predicted octanol–water partition coefficient (Wildman–Crippen LogP) is 4.19. The van der Waals surface area contributed by atoms with Gasteiger partial charge in [-0.05, 0) is 49.9 Å². The highest BCUT2D eigenvalue weighted by Gasteiger charge is 2.19. The van der Waals surface area contributed by atoms with Crippen molar-refractivity contribution in [3.63, 3.8) is 0 Å². The van der Waals surface area contributed by atoms with Crippen molar-refractivity contribution in [2.24, 2.45) is 5.73 Å². The molecule has 1 fully saturated rings. The minimum absolute atomic E-state index is 0.103. The average Bonchev–Trinajstić information content (AvgIpc) is 2.75. The van der Waals surface area contributed by atoms with Crippen LogP contribution < -0.4 is 5.73 Å². The summed E-state index contributed by atoms with van der Waals surface area (Å²) in [6.07, 6.45) is 5.20. The molecule has 1 aliphatic carbocycles. The van der Waals surface area contributed by atoms with E-state index in [1.165, 1.54) is 30.6 Å². The molecule has 1 aliphatic rings. The van der Waals surface area contributed by atoms with Gasteiger partial charge < -0.3 is 5.73 Å². The first kappa shape index (κ1) is 12.9. The van der Waals surface area contributed by atoms with Gasteiger partial charge in [-0.1, -0.05) is 12.8 Å². The maximum atomic E-state index is 13.6. The second kappa shape index (κ2) is 5.40. The third kappa shape index (κ3) is 3.02. The smallest absolute Gasteiger partial charge is 0.126 e. The highest BCUT2D eigenvalue weighted by Crippen LogP contribution is 2.38. The summed E-state index contributed by atoms with van der Waals surface area (Å²) in [4.78, 5) is 1.17. The molecule has 0 amide bonds. The summed E-state index contributed by atoms with van der Waals surface area (Å²) in [5.74, 6) is -0.145. The van der Waals surface area contributed by atoms with Crippen LogP contribution in [0.25, 0.3) is 0 Å². The maximum Gasteiger partial charge on any atom is 0.126 e. The first-order valence-electron chi connectivity index (χ1n) is 6.30. The molecule has 0 aromatic heterocycles. The van der Waals surface area contributed by atoms with Gasteiger partial charge in [-0.25, -0.2) is 4.39 Å². The number of nitrogens with two attached hydrogens (primary N) is 1. The second-order valence-corrected chi connectivity index (χ2v) is 6.29. The van der Waals surface area contributed by atoms with Crippen LogP contribution in [0.2, 0.25) is 0 Å². The van der Waals surface area contributed by atoms with E-state index in [0.717, 1.165) is 11.1 Å². The lowest BCUT2D eigenvalue weighted by molar-refractivity contribution is 0.610. The minimum atomic E-state index is -0.145. The van der Waals surface area contributed by atoms with E-state index in [9.17, 15) is 4.39 Å². The molecular formula is C14H20FNS. The lowest BCUT2D eigenvalue weighted by atomic mass is 10.1. The zero-order chi connectivity index (χ0) is 12.4. The summed E-state index contributed by atoms with van der Waals surface area (Å²) in [6.45, 7) is 3.74. The SMILES string of the molecule is Cc1cc(SC2CCCC2)c(C(C)N)cc1F. The molecule has 0 bridgehead atoms. The van der Waals surface area contributed by atoms with Crippen molar-refractivity contribution in [2.45, 2.75) is 55.7 Å². The van der Waals surface area contributed by atoms with Gasteiger partial charge in [-0.15, -0.1) is 11.8 Å². The molecule has 94 valence electrons. The lowest BCUT2D eigenvalue weighted by Crippen LogP contribution is -2.08. The fourth-order valence-corrected chi connectivity index (χ4v) is 3.87. The molecule has 0 saturated heterocycles. The largest absolute Gasteiger partial charge is 0.324 e. The van der Waals surface area contributed by atoms with Crippen molar-refractivity contribution in [2.75, 3.05) is 0 Å². The van der Waals surface area contributed by atoms with E-state index in [2.05, 4.69) is 0 Å². The molecule has 2 rings (SSSR count). The van der Waals surface area contributed by atoms with Crippen LogP contribution in [-0.4, -0.2) is 5.25 Å². The summed E-state index contributed by atoms with van der Waals surface area (Å²) < 4.78 is 13.6. The number of rotatable bonds is 3. The highest BCUT2D eigenvalue weighted by atomic mass is 32.2. The summed E-state index contributed by atoms with van der Waals surface area (Å²) in [5, 5.41) is 0.692. The van der Waals surface area contributed by atoms with Gasteiger partial charge in [0.15, 0.2) is 0 Å². The molecule has 1 atom stereocenters. The van der Waals surface area contributed by atoms with Crippen molar-refractivity contribution in [3.8, 4) is 0 Å². The van der Waals surface area contributed by atoms with E-state index in [4.69, 9.17) is 5.73 Å². The van der Waals surface area contributed by atoms with Crippen LogP contribution in [0.4, 0.5) is 4.39 Å². The second-order valence-electron chi connectivity index (χ2n) is 4.95. The fourth-order valence-electron chi connectivity index (χ4n) is 2.31. The van der Waals surface area contributed by atoms with Gasteiger partial charge in [0.1, 0.15) is 5.82 Å².